The molecule has 276 valence electrons. The molecule has 0 aromatic heterocycles. The zero-order valence-electron chi connectivity index (χ0n) is 32.8. The number of hydrogen-bond donors (Lipinski definition) is 0. The van der Waals surface area contributed by atoms with Crippen LogP contribution in [0.4, 0.5) is 0 Å². The number of hydrogen-bond acceptors (Lipinski definition) is 2. The van der Waals surface area contributed by atoms with E-state index in [1.165, 1.54) is 76.9 Å². The fourth-order valence-corrected chi connectivity index (χ4v) is 9.57. The maximum atomic E-state index is 5.37. The molecule has 0 saturated heterocycles. The van der Waals surface area contributed by atoms with Crippen molar-refractivity contribution < 1.29 is 0 Å². The highest BCUT2D eigenvalue weighted by Gasteiger charge is 2.44. The van der Waals surface area contributed by atoms with Gasteiger partial charge in [-0.25, -0.2) is 0 Å². The Morgan fingerprint density at radius 3 is 2.28 bits per heavy atom. The standard InChI is InChI=1S/C55H46N2/c1-4-6-19-46(5-2)57-51-22-13-14-33-55(51,3)56-54(57)40-27-23-39(24-28-40)43-31-32-49-50(36-43)53(45-30-26-38-16-8-10-18-42(38)35-45)48-21-12-11-20-47(48)52(49)44-29-25-37-15-7-9-17-41(37)34-44/h4-8,10-16,18-24,26-28,30-36,51H,2,9,17,25,29H2,1,3H3/b6-4-,46-19+. The molecule has 2 nitrogen and oxygen atoms in total. The Hall–Kier alpha value is -6.51. The largest absolute Gasteiger partial charge is 0.316 e. The Bertz CT molecular complexity index is 2880. The second kappa shape index (κ2) is 14.2. The van der Waals surface area contributed by atoms with Gasteiger partial charge in [0.1, 0.15) is 11.4 Å². The average molecular weight is 735 g/mol. The van der Waals surface area contributed by atoms with Crippen LogP contribution in [0.1, 0.15) is 50.7 Å². The van der Waals surface area contributed by atoms with E-state index in [9.17, 15) is 0 Å². The summed E-state index contributed by atoms with van der Waals surface area (Å²) in [6.45, 7) is 8.45. The van der Waals surface area contributed by atoms with Gasteiger partial charge in [-0.15, -0.1) is 0 Å². The van der Waals surface area contributed by atoms with Gasteiger partial charge in [0.2, 0.25) is 0 Å². The van der Waals surface area contributed by atoms with E-state index in [4.69, 9.17) is 4.99 Å². The molecule has 0 spiro atoms. The quantitative estimate of drug-likeness (QED) is 0.118. The van der Waals surface area contributed by atoms with Gasteiger partial charge in [-0.2, -0.15) is 0 Å². The molecule has 2 unspecified atom stereocenters. The molecule has 0 radical (unpaired) electrons. The fourth-order valence-electron chi connectivity index (χ4n) is 9.57. The predicted molar refractivity (Wildman–Crippen MR) is 244 cm³/mol. The lowest BCUT2D eigenvalue weighted by Crippen LogP contribution is -2.43. The second-order valence-corrected chi connectivity index (χ2v) is 15.9. The first-order valence-electron chi connectivity index (χ1n) is 20.4. The van der Waals surface area contributed by atoms with Crippen LogP contribution in [0.15, 0.2) is 204 Å². The number of aliphatic imine (C=N–C) groups is 1. The van der Waals surface area contributed by atoms with Crippen LogP contribution >= 0.6 is 0 Å². The lowest BCUT2D eigenvalue weighted by Gasteiger charge is -2.34. The molecule has 0 bridgehead atoms. The van der Waals surface area contributed by atoms with Crippen LogP contribution < -0.4 is 0 Å². The maximum Gasteiger partial charge on any atom is 0.137 e. The Morgan fingerprint density at radius 1 is 0.719 bits per heavy atom. The van der Waals surface area contributed by atoms with Crippen molar-refractivity contribution >= 4 is 43.7 Å². The molecule has 0 amide bonds. The molecule has 3 aliphatic carbocycles. The summed E-state index contributed by atoms with van der Waals surface area (Å²) in [6, 6.07) is 41.0. The molecule has 0 saturated carbocycles. The predicted octanol–water partition coefficient (Wildman–Crippen LogP) is 14.3. The minimum absolute atomic E-state index is 0.0708. The van der Waals surface area contributed by atoms with Crippen molar-refractivity contribution in [3.63, 3.8) is 0 Å². The van der Waals surface area contributed by atoms with Crippen molar-refractivity contribution in [3.05, 3.63) is 211 Å². The zero-order chi connectivity index (χ0) is 38.5. The number of allylic oxidation sites excluding steroid dienone is 12. The first-order valence-corrected chi connectivity index (χ1v) is 20.4. The molecule has 6 aromatic carbocycles. The lowest BCUT2D eigenvalue weighted by molar-refractivity contribution is 0.381. The first-order chi connectivity index (χ1) is 28.0. The minimum Gasteiger partial charge on any atom is -0.316 e. The van der Waals surface area contributed by atoms with Gasteiger partial charge in [-0.05, 0) is 141 Å². The molecule has 57 heavy (non-hydrogen) atoms. The normalized spacial score (nSPS) is 20.4. The van der Waals surface area contributed by atoms with Crippen molar-refractivity contribution in [1.29, 1.82) is 0 Å². The monoisotopic (exact) mass is 734 g/mol. The van der Waals surface area contributed by atoms with E-state index in [0.717, 1.165) is 42.8 Å². The van der Waals surface area contributed by atoms with Gasteiger partial charge in [-0.3, -0.25) is 4.99 Å². The summed E-state index contributed by atoms with van der Waals surface area (Å²) < 4.78 is 0. The van der Waals surface area contributed by atoms with E-state index in [0.29, 0.717) is 0 Å². The molecular formula is C55H46N2. The van der Waals surface area contributed by atoms with Gasteiger partial charge < -0.3 is 4.90 Å². The van der Waals surface area contributed by atoms with Gasteiger partial charge >= 0.3 is 0 Å². The Labute approximate surface area is 336 Å². The summed E-state index contributed by atoms with van der Waals surface area (Å²) in [4.78, 5) is 7.70. The van der Waals surface area contributed by atoms with Crippen molar-refractivity contribution in [1.82, 2.24) is 4.90 Å². The topological polar surface area (TPSA) is 15.6 Å². The van der Waals surface area contributed by atoms with Crippen LogP contribution in [-0.4, -0.2) is 22.3 Å². The van der Waals surface area contributed by atoms with Crippen molar-refractivity contribution in [2.75, 3.05) is 0 Å². The van der Waals surface area contributed by atoms with Crippen LogP contribution in [0, 0.1) is 0 Å². The van der Waals surface area contributed by atoms with E-state index < -0.39 is 0 Å². The van der Waals surface area contributed by atoms with Gasteiger partial charge in [-0.1, -0.05) is 158 Å². The first kappa shape index (κ1) is 34.9. The number of amidine groups is 1. The molecular weight excluding hydrogens is 689 g/mol. The van der Waals surface area contributed by atoms with E-state index in [2.05, 4.69) is 188 Å². The SMILES string of the molecule is C=C/C(=C\C=C/C)N1C(c2ccc(-c3ccc4c(C5=CC6=C(C=CCC6)CC5)c5ccccc5c(-c5ccc6ccccc6c5)c4c3)cc2)=NC2(C)C=CC=CC12. The minimum atomic E-state index is -0.363. The van der Waals surface area contributed by atoms with Crippen LogP contribution in [0.3, 0.4) is 0 Å². The summed E-state index contributed by atoms with van der Waals surface area (Å²) in [7, 11) is 0. The number of fused-ring (bicyclic) bond motifs is 4. The molecule has 0 fully saturated rings. The van der Waals surface area contributed by atoms with E-state index >= 15 is 0 Å². The third kappa shape index (κ3) is 5.99. The van der Waals surface area contributed by atoms with Gasteiger partial charge in [0.05, 0.1) is 6.04 Å². The van der Waals surface area contributed by atoms with Crippen molar-refractivity contribution in [2.45, 2.75) is 51.1 Å². The average Bonchev–Trinajstić information content (AvgIpc) is 3.58. The fraction of sp³-hybridized carbons (Fsp3) is 0.145. The van der Waals surface area contributed by atoms with E-state index in [1.54, 1.807) is 0 Å². The second-order valence-electron chi connectivity index (χ2n) is 15.9. The van der Waals surface area contributed by atoms with E-state index in [1.807, 2.05) is 13.0 Å². The number of rotatable bonds is 7. The van der Waals surface area contributed by atoms with Crippen molar-refractivity contribution in [2.24, 2.45) is 4.99 Å². The van der Waals surface area contributed by atoms with Crippen LogP contribution in [0.25, 0.3) is 60.1 Å². The summed E-state index contributed by atoms with van der Waals surface area (Å²) >= 11 is 0. The molecule has 6 aromatic rings. The molecule has 0 N–H and O–H groups in total. The summed E-state index contributed by atoms with van der Waals surface area (Å²) in [6.07, 6.45) is 28.5. The Morgan fingerprint density at radius 2 is 1.46 bits per heavy atom. The Kier molecular flexibility index (Phi) is 8.71. The molecule has 4 aliphatic rings. The smallest absolute Gasteiger partial charge is 0.137 e. The number of benzene rings is 6. The van der Waals surface area contributed by atoms with Crippen LogP contribution in [0.5, 0.6) is 0 Å². The van der Waals surface area contributed by atoms with Gasteiger partial charge in [0, 0.05) is 11.3 Å². The number of nitrogens with zero attached hydrogens (tertiary/aromatic N) is 2. The Balaban J connectivity index is 1.14. The van der Waals surface area contributed by atoms with Crippen molar-refractivity contribution in [3.8, 4) is 22.3 Å². The lowest BCUT2D eigenvalue weighted by atomic mass is 9.79. The summed E-state index contributed by atoms with van der Waals surface area (Å²) in [5.41, 5.74) is 12.5. The highest BCUT2D eigenvalue weighted by Crippen LogP contribution is 2.47. The highest BCUT2D eigenvalue weighted by molar-refractivity contribution is 6.20. The summed E-state index contributed by atoms with van der Waals surface area (Å²) in [5.74, 6) is 0.960. The van der Waals surface area contributed by atoms with Crippen LogP contribution in [0.2, 0.25) is 0 Å². The maximum absolute atomic E-state index is 5.37. The summed E-state index contributed by atoms with van der Waals surface area (Å²) in [5, 5.41) is 7.75. The molecule has 2 atom stereocenters. The molecule has 10 rings (SSSR count). The zero-order valence-corrected chi connectivity index (χ0v) is 32.8. The van der Waals surface area contributed by atoms with Gasteiger partial charge in [0.25, 0.3) is 0 Å². The van der Waals surface area contributed by atoms with Gasteiger partial charge in [0.15, 0.2) is 0 Å². The molecule has 2 heteroatoms. The third-order valence-electron chi connectivity index (χ3n) is 12.4. The molecule has 1 heterocycles. The van der Waals surface area contributed by atoms with E-state index in [-0.39, 0.29) is 11.6 Å². The van der Waals surface area contributed by atoms with Crippen LogP contribution in [-0.2, 0) is 0 Å². The third-order valence-corrected chi connectivity index (χ3v) is 12.4. The highest BCUT2D eigenvalue weighted by atomic mass is 15.3. The molecule has 1 aliphatic heterocycles.